The highest BCUT2D eigenvalue weighted by molar-refractivity contribution is 7.89. The number of benzene rings is 2. The Morgan fingerprint density at radius 3 is 2.32 bits per heavy atom. The van der Waals surface area contributed by atoms with Crippen LogP contribution in [0.3, 0.4) is 0 Å². The first kappa shape index (κ1) is 22.7. The van der Waals surface area contributed by atoms with E-state index >= 15 is 0 Å². The van der Waals surface area contributed by atoms with Crippen molar-refractivity contribution >= 4 is 15.9 Å². The molecule has 0 radical (unpaired) electrons. The number of rotatable bonds is 5. The van der Waals surface area contributed by atoms with Gasteiger partial charge in [-0.3, -0.25) is 4.79 Å². The summed E-state index contributed by atoms with van der Waals surface area (Å²) in [6.07, 6.45) is 3.32. The molecule has 0 bridgehead atoms. The number of amides is 1. The minimum absolute atomic E-state index is 0.0618. The minimum Gasteiger partial charge on any atom is -0.339 e. The topological polar surface area (TPSA) is 96.6 Å². The second kappa shape index (κ2) is 9.31. The number of carbonyl (C=O) groups is 1. The molecule has 8 nitrogen and oxygen atoms in total. The molecule has 3 aromatic rings. The highest BCUT2D eigenvalue weighted by atomic mass is 32.2. The number of piperidine rings is 1. The number of nitrogens with zero attached hydrogens (tertiary/aromatic N) is 4. The first-order chi connectivity index (χ1) is 16.4. The molecule has 1 amide bonds. The molecule has 1 aromatic heterocycles. The van der Waals surface area contributed by atoms with Crippen LogP contribution < -0.4 is 0 Å². The molecule has 0 aliphatic carbocycles. The van der Waals surface area contributed by atoms with Gasteiger partial charge in [0.2, 0.25) is 21.7 Å². The van der Waals surface area contributed by atoms with Crippen molar-refractivity contribution in [2.24, 2.45) is 0 Å². The molecule has 9 heteroatoms. The van der Waals surface area contributed by atoms with E-state index in [1.165, 1.54) is 4.31 Å². The Morgan fingerprint density at radius 1 is 0.971 bits per heavy atom. The lowest BCUT2D eigenvalue weighted by molar-refractivity contribution is 0.0704. The van der Waals surface area contributed by atoms with Crippen LogP contribution in [0.25, 0.3) is 11.4 Å². The third kappa shape index (κ3) is 4.37. The molecule has 0 spiro atoms. The maximum atomic E-state index is 12.9. The maximum Gasteiger partial charge on any atom is 0.254 e. The zero-order valence-electron chi connectivity index (χ0n) is 19.2. The van der Waals surface area contributed by atoms with Crippen LogP contribution in [0.15, 0.2) is 57.9 Å². The predicted molar refractivity (Wildman–Crippen MR) is 127 cm³/mol. The Hall–Kier alpha value is -3.04. The average Bonchev–Trinajstić information content (AvgIpc) is 3.57. The summed E-state index contributed by atoms with van der Waals surface area (Å²) in [4.78, 5) is 19.6. The lowest BCUT2D eigenvalue weighted by atomic mass is 9.96. The lowest BCUT2D eigenvalue weighted by Crippen LogP contribution is -2.38. The van der Waals surface area contributed by atoms with E-state index in [9.17, 15) is 13.2 Å². The van der Waals surface area contributed by atoms with Crippen molar-refractivity contribution in [1.29, 1.82) is 0 Å². The number of hydrogen-bond acceptors (Lipinski definition) is 6. The standard InChI is InChI=1S/C25H28N4O4S/c1-18-6-2-3-7-22(18)25(30)28-16-12-20(13-17-28)24-26-23(27-33-24)19-8-10-21(11-9-19)34(31,32)29-14-4-5-15-29/h2-3,6-11,20H,4-5,12-17H2,1H3. The number of sulfonamides is 1. The Balaban J connectivity index is 1.23. The monoisotopic (exact) mass is 480 g/mol. The van der Waals surface area contributed by atoms with Crippen LogP contribution in [0.2, 0.25) is 0 Å². The lowest BCUT2D eigenvalue weighted by Gasteiger charge is -2.30. The summed E-state index contributed by atoms with van der Waals surface area (Å²) in [7, 11) is -3.45. The van der Waals surface area contributed by atoms with E-state index in [0.29, 0.717) is 43.5 Å². The van der Waals surface area contributed by atoms with E-state index in [4.69, 9.17) is 4.52 Å². The fourth-order valence-corrected chi connectivity index (χ4v) is 6.20. The molecule has 3 heterocycles. The van der Waals surface area contributed by atoms with Crippen molar-refractivity contribution < 1.29 is 17.7 Å². The fourth-order valence-electron chi connectivity index (χ4n) is 4.68. The molecule has 34 heavy (non-hydrogen) atoms. The normalized spacial score (nSPS) is 17.9. The predicted octanol–water partition coefficient (Wildman–Crippen LogP) is 3.85. The second-order valence-electron chi connectivity index (χ2n) is 8.97. The van der Waals surface area contributed by atoms with Gasteiger partial charge in [-0.25, -0.2) is 8.42 Å². The van der Waals surface area contributed by atoms with Gasteiger partial charge in [-0.05, 0) is 68.5 Å². The van der Waals surface area contributed by atoms with Gasteiger partial charge >= 0.3 is 0 Å². The number of likely N-dealkylation sites (tertiary alicyclic amines) is 1. The quantitative estimate of drug-likeness (QED) is 0.550. The van der Waals surface area contributed by atoms with Gasteiger partial charge in [-0.15, -0.1) is 0 Å². The average molecular weight is 481 g/mol. The molecule has 2 aliphatic rings. The molecule has 0 atom stereocenters. The molecule has 0 N–H and O–H groups in total. The van der Waals surface area contributed by atoms with E-state index in [1.807, 2.05) is 36.1 Å². The molecule has 2 aliphatic heterocycles. The number of hydrogen-bond donors (Lipinski definition) is 0. The van der Waals surface area contributed by atoms with Gasteiger partial charge < -0.3 is 9.42 Å². The van der Waals surface area contributed by atoms with Crippen molar-refractivity contribution in [3.8, 4) is 11.4 Å². The molecular weight excluding hydrogens is 452 g/mol. The highest BCUT2D eigenvalue weighted by Crippen LogP contribution is 2.30. The summed E-state index contributed by atoms with van der Waals surface area (Å²) in [5, 5.41) is 4.12. The van der Waals surface area contributed by atoms with Crippen LogP contribution in [0.4, 0.5) is 0 Å². The van der Waals surface area contributed by atoms with Gasteiger partial charge in [0, 0.05) is 43.2 Å². The van der Waals surface area contributed by atoms with Crippen LogP contribution in [0.1, 0.15) is 53.4 Å². The SMILES string of the molecule is Cc1ccccc1C(=O)N1CCC(c2nc(-c3ccc(S(=O)(=O)N4CCCC4)cc3)no2)CC1. The molecule has 178 valence electrons. The molecule has 0 unspecified atom stereocenters. The van der Waals surface area contributed by atoms with E-state index in [0.717, 1.165) is 36.8 Å². The van der Waals surface area contributed by atoms with Crippen LogP contribution in [-0.4, -0.2) is 59.8 Å². The van der Waals surface area contributed by atoms with Crippen molar-refractivity contribution in [2.75, 3.05) is 26.2 Å². The Kier molecular flexibility index (Phi) is 6.22. The molecule has 2 aromatic carbocycles. The summed E-state index contributed by atoms with van der Waals surface area (Å²) in [5.41, 5.74) is 2.44. The third-order valence-electron chi connectivity index (χ3n) is 6.76. The Bertz CT molecular complexity index is 1270. The highest BCUT2D eigenvalue weighted by Gasteiger charge is 2.29. The second-order valence-corrected chi connectivity index (χ2v) is 10.9. The minimum atomic E-state index is -3.45. The zero-order valence-corrected chi connectivity index (χ0v) is 20.0. The smallest absolute Gasteiger partial charge is 0.254 e. The molecule has 2 fully saturated rings. The summed E-state index contributed by atoms with van der Waals surface area (Å²) in [6.45, 7) is 4.38. The molecule has 5 rings (SSSR count). The third-order valence-corrected chi connectivity index (χ3v) is 8.68. The van der Waals surface area contributed by atoms with Crippen molar-refractivity contribution in [2.45, 2.75) is 43.4 Å². The van der Waals surface area contributed by atoms with Crippen LogP contribution in [0, 0.1) is 6.92 Å². The van der Waals surface area contributed by atoms with Gasteiger partial charge in [0.25, 0.3) is 5.91 Å². The van der Waals surface area contributed by atoms with Crippen LogP contribution in [-0.2, 0) is 10.0 Å². The van der Waals surface area contributed by atoms with E-state index in [-0.39, 0.29) is 16.7 Å². The number of aryl methyl sites for hydroxylation is 1. The number of aromatic nitrogens is 2. The van der Waals surface area contributed by atoms with Gasteiger partial charge in [-0.2, -0.15) is 9.29 Å². The summed E-state index contributed by atoms with van der Waals surface area (Å²) >= 11 is 0. The van der Waals surface area contributed by atoms with E-state index in [2.05, 4.69) is 10.1 Å². The Labute approximate surface area is 199 Å². The van der Waals surface area contributed by atoms with Crippen molar-refractivity contribution in [3.05, 3.63) is 65.5 Å². The molecule has 2 saturated heterocycles. The van der Waals surface area contributed by atoms with Crippen LogP contribution >= 0.6 is 0 Å². The summed E-state index contributed by atoms with van der Waals surface area (Å²) in [6, 6.07) is 14.3. The first-order valence-electron chi connectivity index (χ1n) is 11.7. The molecule has 0 saturated carbocycles. The van der Waals surface area contributed by atoms with Crippen molar-refractivity contribution in [1.82, 2.24) is 19.3 Å². The van der Waals surface area contributed by atoms with Crippen LogP contribution in [0.5, 0.6) is 0 Å². The fraction of sp³-hybridized carbons (Fsp3) is 0.400. The number of carbonyl (C=O) groups excluding carboxylic acids is 1. The van der Waals surface area contributed by atoms with Gasteiger partial charge in [0.05, 0.1) is 4.90 Å². The first-order valence-corrected chi connectivity index (χ1v) is 13.2. The molecular formula is C25H28N4O4S. The summed E-state index contributed by atoms with van der Waals surface area (Å²) < 4.78 is 32.5. The maximum absolute atomic E-state index is 12.9. The van der Waals surface area contributed by atoms with Crippen molar-refractivity contribution in [3.63, 3.8) is 0 Å². The largest absolute Gasteiger partial charge is 0.339 e. The zero-order chi connectivity index (χ0) is 23.7. The van der Waals surface area contributed by atoms with Gasteiger partial charge in [0.15, 0.2) is 0 Å². The Morgan fingerprint density at radius 2 is 1.65 bits per heavy atom. The van der Waals surface area contributed by atoms with E-state index in [1.54, 1.807) is 24.3 Å². The van der Waals surface area contributed by atoms with E-state index < -0.39 is 10.0 Å². The van der Waals surface area contributed by atoms with Gasteiger partial charge in [-0.1, -0.05) is 23.4 Å². The van der Waals surface area contributed by atoms with Gasteiger partial charge in [0.1, 0.15) is 0 Å². The summed E-state index contributed by atoms with van der Waals surface area (Å²) in [5.74, 6) is 1.16.